The molecule has 0 aromatic carbocycles. The van der Waals surface area contributed by atoms with E-state index in [0.717, 1.165) is 12.8 Å². The minimum Gasteiger partial charge on any atom is -0.480 e. The van der Waals surface area contributed by atoms with Crippen molar-refractivity contribution >= 4 is 17.8 Å². The smallest absolute Gasteiger partial charge is 0.318 e. The van der Waals surface area contributed by atoms with E-state index < -0.39 is 11.9 Å². The molecule has 0 rings (SSSR count). The minimum atomic E-state index is -0.930. The number of nitrogens with one attached hydrogen (secondary N) is 4. The van der Waals surface area contributed by atoms with Gasteiger partial charge in [0.05, 0.1) is 0 Å². The Bertz CT molecular complexity index is 525. The summed E-state index contributed by atoms with van der Waals surface area (Å²) in [7, 11) is 0. The number of carboxylic acids is 2. The van der Waals surface area contributed by atoms with Crippen LogP contribution in [0.1, 0.15) is 110 Å². The molecule has 0 aromatic heterocycles. The van der Waals surface area contributed by atoms with Crippen LogP contribution in [0.2, 0.25) is 0 Å². The van der Waals surface area contributed by atoms with Crippen LogP contribution in [-0.4, -0.2) is 72.2 Å². The Morgan fingerprint density at radius 2 is 0.944 bits per heavy atom. The van der Waals surface area contributed by atoms with Crippen molar-refractivity contribution in [3.05, 3.63) is 0 Å². The lowest BCUT2D eigenvalue weighted by Crippen LogP contribution is -2.40. The predicted molar refractivity (Wildman–Crippen MR) is 143 cm³/mol. The molecule has 0 unspecified atom stereocenters. The Balaban J connectivity index is 3.98. The van der Waals surface area contributed by atoms with Crippen molar-refractivity contribution in [1.29, 1.82) is 0 Å². The molecule has 0 saturated heterocycles. The van der Waals surface area contributed by atoms with Crippen molar-refractivity contribution in [2.24, 2.45) is 0 Å². The van der Waals surface area contributed by atoms with Gasteiger partial charge in [-0.25, -0.2) is 10.9 Å². The monoisotopic (exact) mass is 515 g/mol. The molecule has 0 aliphatic rings. The number of carbonyl (C=O) groups is 3. The summed E-state index contributed by atoms with van der Waals surface area (Å²) in [5.74, 6) is -1.71. The minimum absolute atomic E-state index is 0.148. The highest BCUT2D eigenvalue weighted by molar-refractivity contribution is 5.76. The number of hydrazine groups is 2. The maximum absolute atomic E-state index is 12.8. The van der Waals surface area contributed by atoms with Gasteiger partial charge in [0.25, 0.3) is 0 Å². The highest BCUT2D eigenvalue weighted by atomic mass is 16.4. The number of hydrogen-bond acceptors (Lipinski definition) is 7. The summed E-state index contributed by atoms with van der Waals surface area (Å²) in [6.45, 7) is 4.27. The Morgan fingerprint density at radius 3 is 1.33 bits per heavy atom. The molecule has 0 heterocycles. The van der Waals surface area contributed by atoms with Crippen LogP contribution in [-0.2, 0) is 14.4 Å². The van der Waals surface area contributed by atoms with Crippen molar-refractivity contribution in [3.63, 3.8) is 0 Å². The molecular formula is C26H53N5O5. The zero-order chi connectivity index (χ0) is 26.7. The topological polar surface area (TPSA) is 143 Å². The van der Waals surface area contributed by atoms with Crippen molar-refractivity contribution in [3.8, 4) is 0 Å². The number of nitrogens with zero attached hydrogens (tertiary/aromatic N) is 1. The Hall–Kier alpha value is -1.75. The molecule has 0 aliphatic heterocycles. The van der Waals surface area contributed by atoms with Gasteiger partial charge < -0.3 is 15.1 Å². The van der Waals surface area contributed by atoms with Gasteiger partial charge >= 0.3 is 11.9 Å². The second kappa shape index (κ2) is 26.3. The van der Waals surface area contributed by atoms with E-state index in [1.807, 2.05) is 4.90 Å². The number of amides is 1. The second-order valence-electron chi connectivity index (χ2n) is 9.43. The van der Waals surface area contributed by atoms with Gasteiger partial charge in [0.2, 0.25) is 5.91 Å². The van der Waals surface area contributed by atoms with Crippen LogP contribution >= 0.6 is 0 Å². The van der Waals surface area contributed by atoms with Gasteiger partial charge in [0.15, 0.2) is 0 Å². The standard InChI is InChI=1S/C26H53N5O5/c1-2-3-4-5-6-7-8-9-10-11-12-13-14-17-24(32)31(20-15-18-27-29-22-25(33)34)21-16-19-28-30-23-26(35)36/h27-30H,2-23H2,1H3,(H,33,34)(H,35,36). The Labute approximate surface area is 218 Å². The van der Waals surface area contributed by atoms with Crippen LogP contribution in [0.25, 0.3) is 0 Å². The number of unbranched alkanes of at least 4 members (excludes halogenated alkanes) is 12. The first-order valence-corrected chi connectivity index (χ1v) is 14.1. The Morgan fingerprint density at radius 1 is 0.556 bits per heavy atom. The first-order valence-electron chi connectivity index (χ1n) is 14.1. The van der Waals surface area contributed by atoms with Crippen LogP contribution in [0.5, 0.6) is 0 Å². The molecule has 10 nitrogen and oxygen atoms in total. The van der Waals surface area contributed by atoms with E-state index in [0.29, 0.717) is 45.4 Å². The van der Waals surface area contributed by atoms with Crippen molar-refractivity contribution in [1.82, 2.24) is 26.6 Å². The first-order chi connectivity index (χ1) is 17.5. The summed E-state index contributed by atoms with van der Waals surface area (Å²) in [5, 5.41) is 17.3. The molecule has 0 atom stereocenters. The molecular weight excluding hydrogens is 462 g/mol. The molecule has 0 radical (unpaired) electrons. The predicted octanol–water partition coefficient (Wildman–Crippen LogP) is 3.43. The van der Waals surface area contributed by atoms with Gasteiger partial charge in [-0.1, -0.05) is 84.0 Å². The van der Waals surface area contributed by atoms with E-state index in [1.165, 1.54) is 70.6 Å². The fraction of sp³-hybridized carbons (Fsp3) is 0.885. The number of carboxylic acid groups (broad SMARTS) is 2. The summed E-state index contributed by atoms with van der Waals surface area (Å²) in [6.07, 6.45) is 18.5. The average molecular weight is 516 g/mol. The third kappa shape index (κ3) is 25.3. The molecule has 0 bridgehead atoms. The second-order valence-corrected chi connectivity index (χ2v) is 9.43. The van der Waals surface area contributed by atoms with Gasteiger partial charge in [-0.15, -0.1) is 0 Å². The molecule has 6 N–H and O–H groups in total. The number of rotatable bonds is 28. The van der Waals surface area contributed by atoms with Crippen LogP contribution in [0.15, 0.2) is 0 Å². The number of carbonyl (C=O) groups excluding carboxylic acids is 1. The van der Waals surface area contributed by atoms with Gasteiger partial charge in [0.1, 0.15) is 13.1 Å². The highest BCUT2D eigenvalue weighted by Crippen LogP contribution is 2.13. The van der Waals surface area contributed by atoms with Gasteiger partial charge in [0, 0.05) is 32.6 Å². The fourth-order valence-electron chi connectivity index (χ4n) is 3.98. The summed E-state index contributed by atoms with van der Waals surface area (Å²) in [4.78, 5) is 35.7. The van der Waals surface area contributed by atoms with E-state index in [4.69, 9.17) is 10.2 Å². The van der Waals surface area contributed by atoms with Gasteiger partial charge in [-0.3, -0.25) is 25.2 Å². The van der Waals surface area contributed by atoms with Gasteiger partial charge in [-0.05, 0) is 19.3 Å². The maximum atomic E-state index is 12.8. The van der Waals surface area contributed by atoms with Crippen molar-refractivity contribution in [2.45, 2.75) is 110 Å². The SMILES string of the molecule is CCCCCCCCCCCCCCCC(=O)N(CCCNNCC(=O)O)CCCNNCC(=O)O. The van der Waals surface area contributed by atoms with Crippen LogP contribution in [0.3, 0.4) is 0 Å². The molecule has 0 aliphatic carbocycles. The van der Waals surface area contributed by atoms with E-state index >= 15 is 0 Å². The van der Waals surface area contributed by atoms with Crippen molar-refractivity contribution < 1.29 is 24.6 Å². The molecule has 10 heteroatoms. The van der Waals surface area contributed by atoms with Crippen molar-refractivity contribution in [2.75, 3.05) is 39.3 Å². The van der Waals surface area contributed by atoms with Crippen LogP contribution < -0.4 is 21.7 Å². The summed E-state index contributed by atoms with van der Waals surface area (Å²) in [5.41, 5.74) is 11.0. The number of hydrogen-bond donors (Lipinski definition) is 6. The summed E-state index contributed by atoms with van der Waals surface area (Å²) in [6, 6.07) is 0. The van der Waals surface area contributed by atoms with E-state index in [1.54, 1.807) is 0 Å². The molecule has 1 amide bonds. The Kier molecular flexibility index (Phi) is 25.0. The molecule has 0 saturated carbocycles. The largest absolute Gasteiger partial charge is 0.480 e. The summed E-state index contributed by atoms with van der Waals surface area (Å²) < 4.78 is 0. The van der Waals surface area contributed by atoms with E-state index in [2.05, 4.69) is 28.6 Å². The van der Waals surface area contributed by atoms with Crippen LogP contribution in [0.4, 0.5) is 0 Å². The molecule has 0 spiro atoms. The van der Waals surface area contributed by atoms with E-state index in [-0.39, 0.29) is 19.0 Å². The third-order valence-electron chi connectivity index (χ3n) is 6.04. The fourth-order valence-corrected chi connectivity index (χ4v) is 3.98. The first kappa shape index (κ1) is 34.2. The van der Waals surface area contributed by atoms with E-state index in [9.17, 15) is 14.4 Å². The zero-order valence-electron chi connectivity index (χ0n) is 22.6. The lowest BCUT2D eigenvalue weighted by molar-refractivity contribution is -0.137. The average Bonchev–Trinajstić information content (AvgIpc) is 2.84. The molecule has 0 aromatic rings. The van der Waals surface area contributed by atoms with Gasteiger partial charge in [-0.2, -0.15) is 0 Å². The molecule has 212 valence electrons. The molecule has 0 fully saturated rings. The normalized spacial score (nSPS) is 11.0. The van der Waals surface area contributed by atoms with Crippen LogP contribution in [0, 0.1) is 0 Å². The quantitative estimate of drug-likeness (QED) is 0.0682. The third-order valence-corrected chi connectivity index (χ3v) is 6.04. The highest BCUT2D eigenvalue weighted by Gasteiger charge is 2.12. The lowest BCUT2D eigenvalue weighted by atomic mass is 10.0. The summed E-state index contributed by atoms with van der Waals surface area (Å²) >= 11 is 0. The molecule has 36 heavy (non-hydrogen) atoms. The number of aliphatic carboxylic acids is 2. The maximum Gasteiger partial charge on any atom is 0.318 e. The zero-order valence-corrected chi connectivity index (χ0v) is 22.6. The lowest BCUT2D eigenvalue weighted by Gasteiger charge is -2.23.